The Morgan fingerprint density at radius 1 is 1.22 bits per heavy atom. The maximum absolute atomic E-state index is 13.6. The van der Waals surface area contributed by atoms with Gasteiger partial charge in [-0.3, -0.25) is 0 Å². The second-order valence-corrected chi connectivity index (χ2v) is 4.46. The van der Waals surface area contributed by atoms with Crippen LogP contribution in [0.15, 0.2) is 6.07 Å². The van der Waals surface area contributed by atoms with Gasteiger partial charge in [0.05, 0.1) is 0 Å². The first-order valence-corrected chi connectivity index (χ1v) is 5.79. The average Bonchev–Trinajstić information content (AvgIpc) is 2.25. The minimum atomic E-state index is -1.28. The Morgan fingerprint density at radius 2 is 1.83 bits per heavy atom. The molecule has 0 aliphatic rings. The highest BCUT2D eigenvalue weighted by Crippen LogP contribution is 2.20. The van der Waals surface area contributed by atoms with Gasteiger partial charge in [0.2, 0.25) is 0 Å². The summed E-state index contributed by atoms with van der Waals surface area (Å²) in [7, 11) is 3.78. The summed E-state index contributed by atoms with van der Waals surface area (Å²) >= 11 is 0. The van der Waals surface area contributed by atoms with Crippen molar-refractivity contribution in [3.8, 4) is 0 Å². The number of halogens is 3. The van der Waals surface area contributed by atoms with Gasteiger partial charge in [-0.1, -0.05) is 0 Å². The van der Waals surface area contributed by atoms with Crippen LogP contribution in [0.2, 0.25) is 0 Å². The molecule has 1 unspecified atom stereocenters. The molecule has 0 N–H and O–H groups in total. The van der Waals surface area contributed by atoms with Crippen LogP contribution in [0.1, 0.15) is 13.8 Å². The molecule has 0 fully saturated rings. The number of likely N-dealkylation sites (N-methyl/N-ethyl adjacent to an activating group) is 2. The summed E-state index contributed by atoms with van der Waals surface area (Å²) in [6.45, 7) is 4.82. The van der Waals surface area contributed by atoms with Crippen LogP contribution in [-0.4, -0.2) is 43.1 Å². The van der Waals surface area contributed by atoms with E-state index in [1.54, 1.807) is 4.90 Å². The number of aromatic nitrogens is 1. The molecule has 0 aliphatic heterocycles. The van der Waals surface area contributed by atoms with Crippen LogP contribution in [0.5, 0.6) is 0 Å². The van der Waals surface area contributed by atoms with Crippen LogP contribution in [0, 0.1) is 17.6 Å². The Balaban J connectivity index is 3.05. The number of nitrogens with zero attached hydrogens (tertiary/aromatic N) is 3. The monoisotopic (exact) mass is 261 g/mol. The molecular formula is C12H18F3N3. The molecular weight excluding hydrogens is 243 g/mol. The number of rotatable bonds is 5. The van der Waals surface area contributed by atoms with Crippen molar-refractivity contribution >= 4 is 5.82 Å². The van der Waals surface area contributed by atoms with Crippen LogP contribution >= 0.6 is 0 Å². The third-order valence-electron chi connectivity index (χ3n) is 2.64. The fourth-order valence-corrected chi connectivity index (χ4v) is 1.93. The quantitative estimate of drug-likeness (QED) is 0.758. The molecule has 1 aromatic heterocycles. The molecule has 1 rings (SSSR count). The molecule has 0 aliphatic carbocycles. The lowest BCUT2D eigenvalue weighted by Gasteiger charge is -2.31. The van der Waals surface area contributed by atoms with E-state index in [2.05, 4.69) is 4.98 Å². The molecule has 102 valence electrons. The highest BCUT2D eigenvalue weighted by atomic mass is 19.2. The molecule has 0 spiro atoms. The van der Waals surface area contributed by atoms with Gasteiger partial charge in [-0.2, -0.15) is 9.37 Å². The number of pyridine rings is 1. The third kappa shape index (κ3) is 3.35. The number of hydrogen-bond donors (Lipinski definition) is 0. The molecule has 1 atom stereocenters. The summed E-state index contributed by atoms with van der Waals surface area (Å²) in [5, 5.41) is 0. The zero-order valence-electron chi connectivity index (χ0n) is 11.0. The molecule has 0 radical (unpaired) electrons. The molecule has 18 heavy (non-hydrogen) atoms. The van der Waals surface area contributed by atoms with Gasteiger partial charge < -0.3 is 9.80 Å². The second-order valence-electron chi connectivity index (χ2n) is 4.46. The van der Waals surface area contributed by atoms with E-state index < -0.39 is 17.6 Å². The first kappa shape index (κ1) is 14.8. The van der Waals surface area contributed by atoms with Crippen molar-refractivity contribution in [2.45, 2.75) is 19.9 Å². The molecule has 0 aromatic carbocycles. The zero-order valence-corrected chi connectivity index (χ0v) is 11.0. The van der Waals surface area contributed by atoms with Crippen LogP contribution in [0.4, 0.5) is 19.0 Å². The van der Waals surface area contributed by atoms with Crippen molar-refractivity contribution in [1.82, 2.24) is 9.88 Å². The summed E-state index contributed by atoms with van der Waals surface area (Å²) in [5.41, 5.74) is 0. The van der Waals surface area contributed by atoms with E-state index in [-0.39, 0.29) is 11.9 Å². The Morgan fingerprint density at radius 3 is 2.33 bits per heavy atom. The topological polar surface area (TPSA) is 19.4 Å². The molecule has 6 heteroatoms. The maximum atomic E-state index is 13.6. The first-order chi connectivity index (χ1) is 8.36. The standard InChI is InChI=1S/C12H18F3N3/c1-5-18(8(2)7-17(3)4)12-10(14)6-9(13)11(15)16-12/h6,8H,5,7H2,1-4H3. The smallest absolute Gasteiger partial charge is 0.251 e. The zero-order chi connectivity index (χ0) is 13.9. The molecule has 1 heterocycles. The Bertz CT molecular complexity index is 410. The Kier molecular flexibility index (Phi) is 4.95. The summed E-state index contributed by atoms with van der Waals surface area (Å²) < 4.78 is 39.6. The van der Waals surface area contributed by atoms with E-state index in [9.17, 15) is 13.2 Å². The van der Waals surface area contributed by atoms with Gasteiger partial charge in [0.1, 0.15) is 0 Å². The second kappa shape index (κ2) is 6.04. The molecule has 1 aromatic rings. The van der Waals surface area contributed by atoms with Crippen molar-refractivity contribution < 1.29 is 13.2 Å². The van der Waals surface area contributed by atoms with Gasteiger partial charge in [0, 0.05) is 25.2 Å². The molecule has 0 bridgehead atoms. The maximum Gasteiger partial charge on any atom is 0.251 e. The SMILES string of the molecule is CCN(c1nc(F)c(F)cc1F)C(C)CN(C)C. The predicted molar refractivity (Wildman–Crippen MR) is 65.1 cm³/mol. The fourth-order valence-electron chi connectivity index (χ4n) is 1.93. The van der Waals surface area contributed by atoms with Crippen molar-refractivity contribution in [3.63, 3.8) is 0 Å². The number of hydrogen-bond acceptors (Lipinski definition) is 3. The van der Waals surface area contributed by atoms with Gasteiger partial charge in [-0.25, -0.2) is 8.78 Å². The largest absolute Gasteiger partial charge is 0.350 e. The highest BCUT2D eigenvalue weighted by molar-refractivity contribution is 5.41. The van der Waals surface area contributed by atoms with E-state index in [1.165, 1.54) is 0 Å². The van der Waals surface area contributed by atoms with E-state index in [0.717, 1.165) is 0 Å². The number of anilines is 1. The van der Waals surface area contributed by atoms with Gasteiger partial charge in [0.25, 0.3) is 5.95 Å². The summed E-state index contributed by atoms with van der Waals surface area (Å²) in [6.07, 6.45) is 0. The molecule has 0 saturated carbocycles. The van der Waals surface area contributed by atoms with E-state index in [4.69, 9.17) is 0 Å². The van der Waals surface area contributed by atoms with Crippen LogP contribution in [0.25, 0.3) is 0 Å². The van der Waals surface area contributed by atoms with Crippen LogP contribution in [0.3, 0.4) is 0 Å². The van der Waals surface area contributed by atoms with E-state index in [1.807, 2.05) is 32.8 Å². The minimum Gasteiger partial charge on any atom is -0.350 e. The van der Waals surface area contributed by atoms with Crippen molar-refractivity contribution in [3.05, 3.63) is 23.6 Å². The Hall–Kier alpha value is -1.30. The van der Waals surface area contributed by atoms with Gasteiger partial charge in [0.15, 0.2) is 17.5 Å². The third-order valence-corrected chi connectivity index (χ3v) is 2.64. The summed E-state index contributed by atoms with van der Waals surface area (Å²) in [5.74, 6) is -3.54. The molecule has 0 saturated heterocycles. The lowest BCUT2D eigenvalue weighted by atomic mass is 10.2. The molecule has 3 nitrogen and oxygen atoms in total. The van der Waals surface area contributed by atoms with E-state index in [0.29, 0.717) is 19.2 Å². The summed E-state index contributed by atoms with van der Waals surface area (Å²) in [6, 6.07) is 0.472. The lowest BCUT2D eigenvalue weighted by molar-refractivity contribution is 0.369. The first-order valence-electron chi connectivity index (χ1n) is 5.79. The van der Waals surface area contributed by atoms with Gasteiger partial charge in [-0.15, -0.1) is 0 Å². The molecule has 0 amide bonds. The van der Waals surface area contributed by atoms with Gasteiger partial charge in [-0.05, 0) is 27.9 Å². The van der Waals surface area contributed by atoms with Crippen molar-refractivity contribution in [1.29, 1.82) is 0 Å². The lowest BCUT2D eigenvalue weighted by Crippen LogP contribution is -2.41. The highest BCUT2D eigenvalue weighted by Gasteiger charge is 2.21. The fraction of sp³-hybridized carbons (Fsp3) is 0.583. The van der Waals surface area contributed by atoms with Crippen molar-refractivity contribution in [2.75, 3.05) is 32.1 Å². The van der Waals surface area contributed by atoms with E-state index >= 15 is 0 Å². The average molecular weight is 261 g/mol. The van der Waals surface area contributed by atoms with Crippen LogP contribution < -0.4 is 4.90 Å². The predicted octanol–water partition coefficient (Wildman–Crippen LogP) is 2.28. The summed E-state index contributed by atoms with van der Waals surface area (Å²) in [4.78, 5) is 6.91. The minimum absolute atomic E-state index is 0.0585. The normalized spacial score (nSPS) is 12.9. The van der Waals surface area contributed by atoms with Gasteiger partial charge >= 0.3 is 0 Å². The van der Waals surface area contributed by atoms with Crippen molar-refractivity contribution in [2.24, 2.45) is 0 Å². The Labute approximate surface area is 105 Å². The van der Waals surface area contributed by atoms with Crippen LogP contribution in [-0.2, 0) is 0 Å².